The van der Waals surface area contributed by atoms with Gasteiger partial charge in [-0.2, -0.15) is 13.2 Å². The molecule has 0 amide bonds. The quantitative estimate of drug-likeness (QED) is 0.621. The summed E-state index contributed by atoms with van der Waals surface area (Å²) in [5.74, 6) is 0.0387. The number of rotatable bonds is 4. The molecule has 1 nitrogen and oxygen atoms in total. The standard InChI is InChI=1S/C15H12ClF3OS/c1-2-3-12(20)14-7-6-13(21-14)10-5-4-9(8-11(10)16)15(17,18)19/h4-8H,2-3H2,1H3. The maximum absolute atomic E-state index is 12.6. The van der Waals surface area contributed by atoms with Crippen molar-refractivity contribution in [1.29, 1.82) is 0 Å². The number of benzene rings is 1. The Morgan fingerprint density at radius 3 is 2.52 bits per heavy atom. The number of carbonyl (C=O) groups excluding carboxylic acids is 1. The first kappa shape index (κ1) is 16.0. The lowest BCUT2D eigenvalue weighted by atomic mass is 10.1. The summed E-state index contributed by atoms with van der Waals surface area (Å²) in [5.41, 5.74) is -0.277. The summed E-state index contributed by atoms with van der Waals surface area (Å²) in [6.45, 7) is 1.92. The van der Waals surface area contributed by atoms with Gasteiger partial charge in [0, 0.05) is 21.9 Å². The first-order valence-electron chi connectivity index (χ1n) is 6.33. The number of hydrogen-bond acceptors (Lipinski definition) is 2. The monoisotopic (exact) mass is 332 g/mol. The van der Waals surface area contributed by atoms with E-state index in [9.17, 15) is 18.0 Å². The summed E-state index contributed by atoms with van der Waals surface area (Å²) in [4.78, 5) is 13.1. The molecule has 1 heterocycles. The molecule has 1 aromatic carbocycles. The maximum Gasteiger partial charge on any atom is 0.416 e. The molecule has 0 radical (unpaired) electrons. The minimum atomic E-state index is -4.42. The van der Waals surface area contributed by atoms with Crippen LogP contribution in [-0.2, 0) is 6.18 Å². The van der Waals surface area contributed by atoms with Gasteiger partial charge in [0.2, 0.25) is 0 Å². The summed E-state index contributed by atoms with van der Waals surface area (Å²) >= 11 is 7.19. The molecule has 0 N–H and O–H groups in total. The molecule has 0 atom stereocenters. The Labute approximate surface area is 129 Å². The summed E-state index contributed by atoms with van der Waals surface area (Å²) in [6.07, 6.45) is -3.20. The van der Waals surface area contributed by atoms with Crippen LogP contribution >= 0.6 is 22.9 Å². The topological polar surface area (TPSA) is 17.1 Å². The molecule has 6 heteroatoms. The van der Waals surface area contributed by atoms with E-state index < -0.39 is 11.7 Å². The summed E-state index contributed by atoms with van der Waals surface area (Å²) in [7, 11) is 0. The van der Waals surface area contributed by atoms with E-state index in [1.807, 2.05) is 6.92 Å². The predicted octanol–water partition coefficient (Wildman–Crippen LogP) is 6.07. The average molecular weight is 333 g/mol. The molecular formula is C15H12ClF3OS. The van der Waals surface area contributed by atoms with Crippen molar-refractivity contribution in [3.05, 3.63) is 45.8 Å². The first-order valence-corrected chi connectivity index (χ1v) is 7.52. The Kier molecular flexibility index (Phi) is 4.74. The average Bonchev–Trinajstić information content (AvgIpc) is 2.87. The van der Waals surface area contributed by atoms with Gasteiger partial charge >= 0.3 is 6.18 Å². The van der Waals surface area contributed by atoms with Crippen molar-refractivity contribution in [1.82, 2.24) is 0 Å². The zero-order valence-electron chi connectivity index (χ0n) is 11.1. The van der Waals surface area contributed by atoms with Crippen molar-refractivity contribution in [2.75, 3.05) is 0 Å². The van der Waals surface area contributed by atoms with Crippen LogP contribution < -0.4 is 0 Å². The molecule has 112 valence electrons. The first-order chi connectivity index (χ1) is 9.82. The molecule has 0 unspecified atom stereocenters. The second kappa shape index (κ2) is 6.20. The molecule has 0 aliphatic carbocycles. The van der Waals surface area contributed by atoms with Crippen molar-refractivity contribution in [3.63, 3.8) is 0 Å². The number of alkyl halides is 3. The van der Waals surface area contributed by atoms with Crippen LogP contribution in [0.3, 0.4) is 0 Å². The number of halogens is 4. The lowest BCUT2D eigenvalue weighted by molar-refractivity contribution is -0.137. The van der Waals surface area contributed by atoms with Crippen LogP contribution in [0.25, 0.3) is 10.4 Å². The van der Waals surface area contributed by atoms with Gasteiger partial charge in [0.25, 0.3) is 0 Å². The van der Waals surface area contributed by atoms with E-state index in [4.69, 9.17) is 11.6 Å². The SMILES string of the molecule is CCCC(=O)c1ccc(-c2ccc(C(F)(F)F)cc2Cl)s1. The largest absolute Gasteiger partial charge is 0.416 e. The second-order valence-corrected chi connectivity index (χ2v) is 6.02. The van der Waals surface area contributed by atoms with Crippen LogP contribution in [0.5, 0.6) is 0 Å². The van der Waals surface area contributed by atoms with Crippen LogP contribution in [0.4, 0.5) is 13.2 Å². The van der Waals surface area contributed by atoms with Gasteiger partial charge in [-0.3, -0.25) is 4.79 Å². The van der Waals surface area contributed by atoms with Gasteiger partial charge in [-0.1, -0.05) is 24.6 Å². The molecule has 21 heavy (non-hydrogen) atoms. The molecule has 0 spiro atoms. The summed E-state index contributed by atoms with van der Waals surface area (Å²) in [6, 6.07) is 6.64. The van der Waals surface area contributed by atoms with Crippen molar-refractivity contribution < 1.29 is 18.0 Å². The van der Waals surface area contributed by atoms with Crippen LogP contribution in [0.2, 0.25) is 5.02 Å². The number of ketones is 1. The summed E-state index contributed by atoms with van der Waals surface area (Å²) < 4.78 is 37.8. The van der Waals surface area contributed by atoms with Crippen LogP contribution in [0.1, 0.15) is 35.0 Å². The van der Waals surface area contributed by atoms with Gasteiger partial charge in [0.05, 0.1) is 10.4 Å². The van der Waals surface area contributed by atoms with Gasteiger partial charge in [-0.15, -0.1) is 11.3 Å². The van der Waals surface area contributed by atoms with E-state index in [2.05, 4.69) is 0 Å². The normalized spacial score (nSPS) is 11.7. The van der Waals surface area contributed by atoms with Crippen LogP contribution in [0.15, 0.2) is 30.3 Å². The highest BCUT2D eigenvalue weighted by atomic mass is 35.5. The smallest absolute Gasteiger partial charge is 0.293 e. The number of thiophene rings is 1. The van der Waals surface area contributed by atoms with E-state index in [0.29, 0.717) is 21.7 Å². The van der Waals surface area contributed by atoms with Crippen molar-refractivity contribution in [3.8, 4) is 10.4 Å². The Balaban J connectivity index is 2.33. The molecule has 1 aromatic heterocycles. The highest BCUT2D eigenvalue weighted by molar-refractivity contribution is 7.17. The van der Waals surface area contributed by atoms with E-state index in [0.717, 1.165) is 18.6 Å². The molecule has 2 aromatic rings. The van der Waals surface area contributed by atoms with Gasteiger partial charge in [-0.05, 0) is 30.7 Å². The van der Waals surface area contributed by atoms with E-state index in [1.165, 1.54) is 17.4 Å². The molecule has 0 aliphatic rings. The lowest BCUT2D eigenvalue weighted by Gasteiger charge is -2.08. The van der Waals surface area contributed by atoms with Crippen LogP contribution in [-0.4, -0.2) is 5.78 Å². The zero-order chi connectivity index (χ0) is 15.6. The lowest BCUT2D eigenvalue weighted by Crippen LogP contribution is -2.04. The minimum Gasteiger partial charge on any atom is -0.293 e. The Morgan fingerprint density at radius 2 is 1.95 bits per heavy atom. The fourth-order valence-electron chi connectivity index (χ4n) is 1.87. The van der Waals surface area contributed by atoms with Gasteiger partial charge in [0.1, 0.15) is 0 Å². The third-order valence-corrected chi connectivity index (χ3v) is 4.39. The molecule has 0 saturated carbocycles. The molecule has 0 aliphatic heterocycles. The van der Waals surface area contributed by atoms with Gasteiger partial charge < -0.3 is 0 Å². The minimum absolute atomic E-state index is 0.0289. The number of Topliss-reactive ketones (excluding diaryl/α,β-unsaturated/α-hetero) is 1. The van der Waals surface area contributed by atoms with Gasteiger partial charge in [0.15, 0.2) is 5.78 Å². The van der Waals surface area contributed by atoms with Crippen LogP contribution in [0, 0.1) is 0 Å². The fraction of sp³-hybridized carbons (Fsp3) is 0.267. The Morgan fingerprint density at radius 1 is 1.24 bits per heavy atom. The predicted molar refractivity (Wildman–Crippen MR) is 79.0 cm³/mol. The Hall–Kier alpha value is -1.33. The molecule has 0 bridgehead atoms. The van der Waals surface area contributed by atoms with Crippen molar-refractivity contribution >= 4 is 28.7 Å². The maximum atomic E-state index is 12.6. The molecule has 0 saturated heterocycles. The van der Waals surface area contributed by atoms with E-state index in [1.54, 1.807) is 12.1 Å². The fourth-order valence-corrected chi connectivity index (χ4v) is 3.23. The molecular weight excluding hydrogens is 321 g/mol. The van der Waals surface area contributed by atoms with E-state index >= 15 is 0 Å². The third kappa shape index (κ3) is 3.66. The Bertz CT molecular complexity index is 661. The third-order valence-electron chi connectivity index (χ3n) is 2.92. The van der Waals surface area contributed by atoms with Gasteiger partial charge in [-0.25, -0.2) is 0 Å². The summed E-state index contributed by atoms with van der Waals surface area (Å²) in [5, 5.41) is 0.0289. The zero-order valence-corrected chi connectivity index (χ0v) is 12.7. The number of carbonyl (C=O) groups is 1. The van der Waals surface area contributed by atoms with Crippen molar-refractivity contribution in [2.24, 2.45) is 0 Å². The second-order valence-electron chi connectivity index (χ2n) is 4.53. The number of hydrogen-bond donors (Lipinski definition) is 0. The molecule has 0 fully saturated rings. The molecule has 2 rings (SSSR count). The van der Waals surface area contributed by atoms with Crippen molar-refractivity contribution in [2.45, 2.75) is 25.9 Å². The highest BCUT2D eigenvalue weighted by Gasteiger charge is 2.31. The van der Waals surface area contributed by atoms with E-state index in [-0.39, 0.29) is 10.8 Å². The highest BCUT2D eigenvalue weighted by Crippen LogP contribution is 2.38.